The van der Waals surface area contributed by atoms with E-state index in [1.54, 1.807) is 17.1 Å². The Balaban J connectivity index is 1.79. The monoisotopic (exact) mass is 525 g/mol. The van der Waals surface area contributed by atoms with Crippen LogP contribution >= 0.6 is 46.1 Å². The van der Waals surface area contributed by atoms with Crippen molar-refractivity contribution in [3.8, 4) is 0 Å². The highest BCUT2D eigenvalue weighted by Gasteiger charge is 2.25. The second-order valence-corrected chi connectivity index (χ2v) is 7.78. The van der Waals surface area contributed by atoms with Crippen molar-refractivity contribution in [3.05, 3.63) is 28.2 Å². The molecule has 10 heteroatoms. The van der Waals surface area contributed by atoms with Gasteiger partial charge in [-0.15, -0.1) is 0 Å². The number of anilines is 1. The third-order valence-electron chi connectivity index (χ3n) is 3.96. The van der Waals surface area contributed by atoms with Crippen LogP contribution in [0.25, 0.3) is 0 Å². The van der Waals surface area contributed by atoms with Gasteiger partial charge in [-0.3, -0.25) is 18.1 Å². The van der Waals surface area contributed by atoms with Crippen LogP contribution in [0.5, 0.6) is 0 Å². The van der Waals surface area contributed by atoms with Crippen LogP contribution in [0.2, 0.25) is 10.0 Å². The number of carbonyl (C=O) groups excluding carboxylic acids is 2. The molecule has 0 aromatic heterocycles. The minimum absolute atomic E-state index is 0.0226. The van der Waals surface area contributed by atoms with E-state index in [1.807, 2.05) is 35.9 Å². The fourth-order valence-electron chi connectivity index (χ4n) is 2.50. The highest BCUT2D eigenvalue weighted by molar-refractivity contribution is 14.1. The molecule has 0 saturated heterocycles. The molecule has 1 aliphatic rings. The molecule has 1 atom stereocenters. The lowest BCUT2D eigenvalue weighted by Crippen LogP contribution is -2.34. The summed E-state index contributed by atoms with van der Waals surface area (Å²) in [6.07, 6.45) is 1.32. The highest BCUT2D eigenvalue weighted by atomic mass is 127. The average Bonchev–Trinajstić information content (AvgIpc) is 2.99. The molecule has 7 nitrogen and oxygen atoms in total. The zero-order valence-corrected chi connectivity index (χ0v) is 18.6. The molecular formula is C17H22Cl2IN5O2. The number of hydrazone groups is 1. The molecule has 1 aromatic rings. The van der Waals surface area contributed by atoms with Gasteiger partial charge in [0.1, 0.15) is 5.84 Å². The standard InChI is InChI=1S/C17H22Cl2IN5O2/c1-11-10-25(12-4-5-13(18)14(19)9-12)24-17(11)23-16(27)3-2-7-21-15(26)6-8-22-20/h4-5,9,11,22H,2-3,6-8,10H2,1H3,(H,21,26)(H,23,24,27). The van der Waals surface area contributed by atoms with Gasteiger partial charge < -0.3 is 10.6 Å². The smallest absolute Gasteiger partial charge is 0.225 e. The van der Waals surface area contributed by atoms with E-state index in [-0.39, 0.29) is 17.7 Å². The Hall–Kier alpha value is -1.10. The summed E-state index contributed by atoms with van der Waals surface area (Å²) in [5, 5.41) is 12.9. The fraction of sp³-hybridized carbons (Fsp3) is 0.471. The maximum Gasteiger partial charge on any atom is 0.225 e. The molecule has 1 aromatic carbocycles. The van der Waals surface area contributed by atoms with Crippen molar-refractivity contribution in [1.82, 2.24) is 14.2 Å². The van der Waals surface area contributed by atoms with E-state index in [1.165, 1.54) is 0 Å². The first-order valence-electron chi connectivity index (χ1n) is 8.62. The molecule has 0 aliphatic carbocycles. The molecule has 3 N–H and O–H groups in total. The van der Waals surface area contributed by atoms with E-state index < -0.39 is 0 Å². The van der Waals surface area contributed by atoms with E-state index in [9.17, 15) is 9.59 Å². The first-order valence-corrected chi connectivity index (χ1v) is 10.4. The summed E-state index contributed by atoms with van der Waals surface area (Å²) in [7, 11) is 0. The maximum atomic E-state index is 12.1. The number of amidine groups is 1. The van der Waals surface area contributed by atoms with Gasteiger partial charge in [-0.25, -0.2) is 0 Å². The summed E-state index contributed by atoms with van der Waals surface area (Å²) in [6, 6.07) is 5.31. The summed E-state index contributed by atoms with van der Waals surface area (Å²) in [6.45, 7) is 3.75. The van der Waals surface area contributed by atoms with Crippen LogP contribution in [0.3, 0.4) is 0 Å². The molecule has 2 rings (SSSR count). The zero-order valence-electron chi connectivity index (χ0n) is 14.9. The molecular weight excluding hydrogens is 504 g/mol. The molecule has 148 valence electrons. The molecule has 0 bridgehead atoms. The van der Waals surface area contributed by atoms with Crippen molar-refractivity contribution < 1.29 is 9.59 Å². The predicted molar refractivity (Wildman–Crippen MR) is 117 cm³/mol. The Labute approximate surface area is 182 Å². The van der Waals surface area contributed by atoms with Crippen LogP contribution in [0.4, 0.5) is 5.69 Å². The van der Waals surface area contributed by atoms with Crippen LogP contribution in [0.15, 0.2) is 23.3 Å². The summed E-state index contributed by atoms with van der Waals surface area (Å²) in [4.78, 5) is 23.6. The van der Waals surface area contributed by atoms with Gasteiger partial charge >= 0.3 is 0 Å². The largest absolute Gasteiger partial charge is 0.356 e. The van der Waals surface area contributed by atoms with Gasteiger partial charge in [-0.2, -0.15) is 5.10 Å². The highest BCUT2D eigenvalue weighted by Crippen LogP contribution is 2.29. The van der Waals surface area contributed by atoms with Crippen LogP contribution in [0, 0.1) is 5.92 Å². The summed E-state index contributed by atoms with van der Waals surface area (Å²) in [5.74, 6) is 0.581. The number of carbonyl (C=O) groups is 2. The molecule has 1 unspecified atom stereocenters. The van der Waals surface area contributed by atoms with Crippen LogP contribution in [-0.4, -0.2) is 37.3 Å². The second-order valence-electron chi connectivity index (χ2n) is 6.20. The molecule has 0 saturated carbocycles. The topological polar surface area (TPSA) is 85.8 Å². The second kappa shape index (κ2) is 11.0. The van der Waals surface area contributed by atoms with Crippen molar-refractivity contribution in [2.45, 2.75) is 26.2 Å². The Morgan fingerprint density at radius 3 is 2.70 bits per heavy atom. The van der Waals surface area contributed by atoms with E-state index in [4.69, 9.17) is 23.2 Å². The van der Waals surface area contributed by atoms with Crippen LogP contribution in [-0.2, 0) is 9.59 Å². The minimum atomic E-state index is -0.111. The van der Waals surface area contributed by atoms with E-state index >= 15 is 0 Å². The summed E-state index contributed by atoms with van der Waals surface area (Å²) < 4.78 is 2.89. The van der Waals surface area contributed by atoms with Crippen molar-refractivity contribution in [2.24, 2.45) is 11.0 Å². The number of amides is 2. The molecule has 0 spiro atoms. The predicted octanol–water partition coefficient (Wildman–Crippen LogP) is 3.11. The van der Waals surface area contributed by atoms with Gasteiger partial charge in [0.05, 0.1) is 22.3 Å². The lowest BCUT2D eigenvalue weighted by atomic mass is 10.1. The lowest BCUT2D eigenvalue weighted by molar-refractivity contribution is -0.122. The first-order chi connectivity index (χ1) is 12.9. The molecule has 1 aliphatic heterocycles. The number of benzene rings is 1. The van der Waals surface area contributed by atoms with E-state index in [0.717, 1.165) is 5.69 Å². The van der Waals surface area contributed by atoms with Crippen LogP contribution in [0.1, 0.15) is 26.2 Å². The average molecular weight is 526 g/mol. The van der Waals surface area contributed by atoms with Crippen LogP contribution < -0.4 is 19.2 Å². The van der Waals surface area contributed by atoms with Gasteiger partial charge in [0, 0.05) is 54.7 Å². The van der Waals surface area contributed by atoms with Gasteiger partial charge in [0.2, 0.25) is 11.8 Å². The Bertz CT molecular complexity index is 717. The van der Waals surface area contributed by atoms with Crippen molar-refractivity contribution >= 4 is 69.4 Å². The molecule has 0 fully saturated rings. The Morgan fingerprint density at radius 2 is 2.00 bits per heavy atom. The Morgan fingerprint density at radius 1 is 1.22 bits per heavy atom. The summed E-state index contributed by atoms with van der Waals surface area (Å²) in [5.41, 5.74) is 0.823. The normalized spacial score (nSPS) is 16.2. The number of rotatable bonds is 8. The molecule has 2 amide bonds. The Kier molecular flexibility index (Phi) is 9.07. The lowest BCUT2D eigenvalue weighted by Gasteiger charge is -2.14. The molecule has 0 radical (unpaired) electrons. The number of nitrogens with one attached hydrogen (secondary N) is 3. The van der Waals surface area contributed by atoms with E-state index in [2.05, 4.69) is 19.3 Å². The zero-order chi connectivity index (χ0) is 19.8. The number of halogens is 3. The quantitative estimate of drug-likeness (QED) is 0.276. The fourth-order valence-corrected chi connectivity index (χ4v) is 3.07. The van der Waals surface area contributed by atoms with Gasteiger partial charge in [-0.05, 0) is 24.6 Å². The third kappa shape index (κ3) is 7.10. The van der Waals surface area contributed by atoms with Gasteiger partial charge in [0.25, 0.3) is 0 Å². The maximum absolute atomic E-state index is 12.1. The number of hydrogen-bond acceptors (Lipinski definition) is 5. The van der Waals surface area contributed by atoms with Gasteiger partial charge in [0.15, 0.2) is 0 Å². The molecule has 1 heterocycles. The van der Waals surface area contributed by atoms with Gasteiger partial charge in [-0.1, -0.05) is 30.1 Å². The molecule has 27 heavy (non-hydrogen) atoms. The third-order valence-corrected chi connectivity index (χ3v) is 5.24. The first kappa shape index (κ1) is 22.2. The summed E-state index contributed by atoms with van der Waals surface area (Å²) >= 11 is 14.0. The number of nitrogens with zero attached hydrogens (tertiary/aromatic N) is 2. The van der Waals surface area contributed by atoms with Crippen molar-refractivity contribution in [3.63, 3.8) is 0 Å². The van der Waals surface area contributed by atoms with Crippen molar-refractivity contribution in [1.29, 1.82) is 0 Å². The van der Waals surface area contributed by atoms with E-state index in [0.29, 0.717) is 54.8 Å². The minimum Gasteiger partial charge on any atom is -0.356 e. The number of hydrogen-bond donors (Lipinski definition) is 3. The van der Waals surface area contributed by atoms with Crippen molar-refractivity contribution in [2.75, 3.05) is 24.6 Å². The SMILES string of the molecule is CC1CN(c2ccc(Cl)c(Cl)c2)N=C1NC(=O)CCCNC(=O)CCNI.